The Balaban J connectivity index is 2.75. The van der Waals surface area contributed by atoms with Crippen LogP contribution in [0.5, 0.6) is 0 Å². The average Bonchev–Trinajstić information content (AvgIpc) is 2.04. The van der Waals surface area contributed by atoms with E-state index in [-0.39, 0.29) is 5.78 Å². The van der Waals surface area contributed by atoms with Gasteiger partial charge in [0.15, 0.2) is 0 Å². The summed E-state index contributed by atoms with van der Waals surface area (Å²) < 4.78 is 0. The summed E-state index contributed by atoms with van der Waals surface area (Å²) in [7, 11) is 4.00. The molecule has 0 bridgehead atoms. The van der Waals surface area contributed by atoms with E-state index in [0.29, 0.717) is 6.42 Å². The summed E-state index contributed by atoms with van der Waals surface area (Å²) in [5, 5.41) is 0. The molecule has 0 saturated carbocycles. The first kappa shape index (κ1) is 9.78. The van der Waals surface area contributed by atoms with Crippen LogP contribution in [0.15, 0.2) is 24.3 Å². The van der Waals surface area contributed by atoms with Crippen molar-refractivity contribution in [3.63, 3.8) is 0 Å². The van der Waals surface area contributed by atoms with Crippen LogP contribution in [-0.4, -0.2) is 19.9 Å². The van der Waals surface area contributed by atoms with Gasteiger partial charge in [-0.15, -0.1) is 0 Å². The van der Waals surface area contributed by atoms with Gasteiger partial charge >= 0.3 is 0 Å². The lowest BCUT2D eigenvalue weighted by molar-refractivity contribution is -0.116. The summed E-state index contributed by atoms with van der Waals surface area (Å²) >= 11 is 0. The summed E-state index contributed by atoms with van der Waals surface area (Å²) in [5.41, 5.74) is 2.24. The van der Waals surface area contributed by atoms with Gasteiger partial charge in [-0.3, -0.25) is 4.79 Å². The smallest absolute Gasteiger partial charge is 0.134 e. The minimum absolute atomic E-state index is 0.206. The van der Waals surface area contributed by atoms with Gasteiger partial charge in [0.2, 0.25) is 0 Å². The number of carbonyl (C=O) groups is 1. The van der Waals surface area contributed by atoms with E-state index in [9.17, 15) is 4.79 Å². The van der Waals surface area contributed by atoms with Crippen molar-refractivity contribution in [1.29, 1.82) is 0 Å². The fraction of sp³-hybridized carbons (Fsp3) is 0.364. The summed E-state index contributed by atoms with van der Waals surface area (Å²) in [4.78, 5) is 12.9. The standard InChI is InChI=1S/C11H15NO/c1-9(13)8-10-4-6-11(7-5-10)12(2)3/h4-7H,8H2,1-3H3. The minimum atomic E-state index is 0.206. The van der Waals surface area contributed by atoms with Crippen LogP contribution >= 0.6 is 0 Å². The molecule has 0 saturated heterocycles. The first-order chi connectivity index (χ1) is 6.09. The molecule has 0 fully saturated rings. The molecule has 0 unspecified atom stereocenters. The highest BCUT2D eigenvalue weighted by Gasteiger charge is 1.98. The molecule has 0 aliphatic heterocycles. The third-order valence-corrected chi connectivity index (χ3v) is 1.91. The summed E-state index contributed by atoms with van der Waals surface area (Å²) in [6.07, 6.45) is 0.535. The predicted molar refractivity (Wildman–Crippen MR) is 55.2 cm³/mol. The van der Waals surface area contributed by atoms with Gasteiger partial charge in [0, 0.05) is 26.2 Å². The lowest BCUT2D eigenvalue weighted by Crippen LogP contribution is -2.08. The number of anilines is 1. The minimum Gasteiger partial charge on any atom is -0.378 e. The first-order valence-electron chi connectivity index (χ1n) is 4.35. The van der Waals surface area contributed by atoms with Gasteiger partial charge in [-0.25, -0.2) is 0 Å². The quantitative estimate of drug-likeness (QED) is 0.702. The van der Waals surface area contributed by atoms with Crippen LogP contribution < -0.4 is 4.90 Å². The summed E-state index contributed by atoms with van der Waals surface area (Å²) in [6, 6.07) is 8.05. The Hall–Kier alpha value is -1.31. The van der Waals surface area contributed by atoms with Gasteiger partial charge in [0.1, 0.15) is 5.78 Å². The second kappa shape index (κ2) is 4.08. The Morgan fingerprint density at radius 3 is 2.15 bits per heavy atom. The van der Waals surface area contributed by atoms with Crippen molar-refractivity contribution in [3.05, 3.63) is 29.8 Å². The SMILES string of the molecule is CC(=O)Cc1ccc(N(C)C)cc1. The number of ketones is 1. The van der Waals surface area contributed by atoms with E-state index in [0.717, 1.165) is 11.3 Å². The Kier molecular flexibility index (Phi) is 3.07. The van der Waals surface area contributed by atoms with Crippen LogP contribution in [-0.2, 0) is 11.2 Å². The van der Waals surface area contributed by atoms with Crippen molar-refractivity contribution >= 4 is 11.5 Å². The van der Waals surface area contributed by atoms with E-state index in [1.54, 1.807) is 6.92 Å². The molecule has 1 aromatic rings. The molecule has 0 heterocycles. The van der Waals surface area contributed by atoms with E-state index in [2.05, 4.69) is 0 Å². The van der Waals surface area contributed by atoms with Crippen molar-refractivity contribution in [2.75, 3.05) is 19.0 Å². The Morgan fingerprint density at radius 2 is 1.77 bits per heavy atom. The van der Waals surface area contributed by atoms with Crippen LogP contribution in [0, 0.1) is 0 Å². The van der Waals surface area contributed by atoms with Gasteiger partial charge < -0.3 is 4.90 Å². The molecule has 0 spiro atoms. The maximum Gasteiger partial charge on any atom is 0.134 e. The van der Waals surface area contributed by atoms with Crippen LogP contribution in [0.25, 0.3) is 0 Å². The van der Waals surface area contributed by atoms with Crippen molar-refractivity contribution in [1.82, 2.24) is 0 Å². The maximum absolute atomic E-state index is 10.8. The van der Waals surface area contributed by atoms with Crippen molar-refractivity contribution in [2.45, 2.75) is 13.3 Å². The van der Waals surface area contributed by atoms with Crippen molar-refractivity contribution in [2.24, 2.45) is 0 Å². The van der Waals surface area contributed by atoms with Gasteiger partial charge in [-0.2, -0.15) is 0 Å². The number of rotatable bonds is 3. The number of hydrogen-bond acceptors (Lipinski definition) is 2. The molecule has 0 radical (unpaired) electrons. The molecule has 1 aromatic carbocycles. The molecule has 0 amide bonds. The molecular formula is C11H15NO. The van der Waals surface area contributed by atoms with Gasteiger partial charge in [-0.1, -0.05) is 12.1 Å². The number of hydrogen-bond donors (Lipinski definition) is 0. The lowest BCUT2D eigenvalue weighted by atomic mass is 10.1. The second-order valence-corrected chi connectivity index (χ2v) is 3.44. The Morgan fingerprint density at radius 1 is 1.23 bits per heavy atom. The number of carbonyl (C=O) groups excluding carboxylic acids is 1. The normalized spacial score (nSPS) is 9.77. The van der Waals surface area contributed by atoms with Crippen LogP contribution in [0.2, 0.25) is 0 Å². The molecule has 0 N–H and O–H groups in total. The number of Topliss-reactive ketones (excluding diaryl/α,β-unsaturated/α-hetero) is 1. The summed E-state index contributed by atoms with van der Waals surface area (Å²) in [6.45, 7) is 1.61. The fourth-order valence-corrected chi connectivity index (χ4v) is 1.20. The zero-order valence-corrected chi connectivity index (χ0v) is 8.37. The van der Waals surface area contributed by atoms with E-state index in [4.69, 9.17) is 0 Å². The molecule has 0 aliphatic rings. The number of benzene rings is 1. The van der Waals surface area contributed by atoms with Crippen LogP contribution in [0.1, 0.15) is 12.5 Å². The average molecular weight is 177 g/mol. The Labute approximate surface area is 79.2 Å². The molecule has 0 aliphatic carbocycles. The highest BCUT2D eigenvalue weighted by Crippen LogP contribution is 2.12. The molecule has 13 heavy (non-hydrogen) atoms. The fourth-order valence-electron chi connectivity index (χ4n) is 1.20. The largest absolute Gasteiger partial charge is 0.378 e. The van der Waals surface area contributed by atoms with E-state index < -0.39 is 0 Å². The van der Waals surface area contributed by atoms with E-state index >= 15 is 0 Å². The zero-order chi connectivity index (χ0) is 9.84. The molecule has 1 rings (SSSR count). The molecule has 0 aromatic heterocycles. The molecule has 0 atom stereocenters. The maximum atomic E-state index is 10.8. The molecule has 2 nitrogen and oxygen atoms in total. The van der Waals surface area contributed by atoms with Crippen molar-refractivity contribution in [3.8, 4) is 0 Å². The topological polar surface area (TPSA) is 20.3 Å². The highest BCUT2D eigenvalue weighted by molar-refractivity contribution is 5.78. The van der Waals surface area contributed by atoms with Crippen LogP contribution in [0.4, 0.5) is 5.69 Å². The van der Waals surface area contributed by atoms with E-state index in [1.165, 1.54) is 0 Å². The number of nitrogens with zero attached hydrogens (tertiary/aromatic N) is 1. The van der Waals surface area contributed by atoms with Crippen LogP contribution in [0.3, 0.4) is 0 Å². The Bertz CT molecular complexity index is 287. The zero-order valence-electron chi connectivity index (χ0n) is 8.37. The van der Waals surface area contributed by atoms with Gasteiger partial charge in [0.05, 0.1) is 0 Å². The van der Waals surface area contributed by atoms with Gasteiger partial charge in [0.25, 0.3) is 0 Å². The first-order valence-corrected chi connectivity index (χ1v) is 4.35. The molecular weight excluding hydrogens is 162 g/mol. The highest BCUT2D eigenvalue weighted by atomic mass is 16.1. The molecule has 2 heteroatoms. The summed E-state index contributed by atoms with van der Waals surface area (Å²) in [5.74, 6) is 0.206. The predicted octanol–water partition coefficient (Wildman–Crippen LogP) is 1.88. The van der Waals surface area contributed by atoms with Crippen molar-refractivity contribution < 1.29 is 4.79 Å². The third-order valence-electron chi connectivity index (χ3n) is 1.91. The third kappa shape index (κ3) is 2.90. The molecule has 70 valence electrons. The van der Waals surface area contributed by atoms with E-state index in [1.807, 2.05) is 43.3 Å². The second-order valence-electron chi connectivity index (χ2n) is 3.44. The van der Waals surface area contributed by atoms with Gasteiger partial charge in [-0.05, 0) is 24.6 Å². The monoisotopic (exact) mass is 177 g/mol. The lowest BCUT2D eigenvalue weighted by Gasteiger charge is -2.12.